The van der Waals surface area contributed by atoms with E-state index in [-0.39, 0.29) is 5.75 Å². The van der Waals surface area contributed by atoms with Crippen LogP contribution in [-0.4, -0.2) is 31.9 Å². The minimum atomic E-state index is -0.739. The normalized spacial score (nSPS) is 13.9. The van der Waals surface area contributed by atoms with Gasteiger partial charge in [-0.3, -0.25) is 0 Å². The summed E-state index contributed by atoms with van der Waals surface area (Å²) in [6.07, 6.45) is 5.98. The molecule has 0 saturated heterocycles. The Hall–Kier alpha value is -2.47. The van der Waals surface area contributed by atoms with E-state index in [9.17, 15) is 8.78 Å². The molecular weight excluding hydrogens is 368 g/mol. The molecule has 0 bridgehead atoms. The van der Waals surface area contributed by atoms with Gasteiger partial charge >= 0.3 is 0 Å². The summed E-state index contributed by atoms with van der Waals surface area (Å²) in [7, 11) is 3.59. The molecule has 3 nitrogen and oxygen atoms in total. The van der Waals surface area contributed by atoms with Crippen molar-refractivity contribution in [3.05, 3.63) is 77.2 Å². The Morgan fingerprint density at radius 1 is 1.11 bits per heavy atom. The molecule has 0 radical (unpaired) electrons. The van der Waals surface area contributed by atoms with Gasteiger partial charge in [-0.05, 0) is 42.2 Å². The van der Waals surface area contributed by atoms with Gasteiger partial charge in [0.25, 0.3) is 0 Å². The van der Waals surface area contributed by atoms with Crippen LogP contribution in [0.4, 0.5) is 8.78 Å². The Labute approximate surface area is 162 Å². The van der Waals surface area contributed by atoms with Gasteiger partial charge in [0.1, 0.15) is 17.3 Å². The molecule has 1 aliphatic heterocycles. The quantitative estimate of drug-likeness (QED) is 0.656. The summed E-state index contributed by atoms with van der Waals surface area (Å²) < 4.78 is 38.5. The molecule has 142 valence electrons. The third-order valence-electron chi connectivity index (χ3n) is 4.12. The fourth-order valence-electron chi connectivity index (χ4n) is 2.88. The smallest absolute Gasteiger partial charge is 0.168 e. The van der Waals surface area contributed by atoms with Crippen LogP contribution in [0.1, 0.15) is 11.1 Å². The van der Waals surface area contributed by atoms with E-state index in [1.807, 2.05) is 48.7 Å². The zero-order chi connectivity index (χ0) is 19.4. The molecular formula is C21H21F2NO2S. The lowest BCUT2D eigenvalue weighted by Gasteiger charge is -2.24. The summed E-state index contributed by atoms with van der Waals surface area (Å²) in [6, 6.07) is 9.08. The van der Waals surface area contributed by atoms with E-state index in [4.69, 9.17) is 9.47 Å². The summed E-state index contributed by atoms with van der Waals surface area (Å²) in [5.41, 5.74) is 2.86. The van der Waals surface area contributed by atoms with Crippen molar-refractivity contribution < 1.29 is 18.3 Å². The number of ether oxygens (including phenoxy) is 2. The first-order valence-electron chi connectivity index (χ1n) is 8.42. The molecule has 1 heterocycles. The van der Waals surface area contributed by atoms with Crippen molar-refractivity contribution in [1.82, 2.24) is 4.90 Å². The fourth-order valence-corrected chi connectivity index (χ4v) is 3.39. The molecule has 0 unspecified atom stereocenters. The zero-order valence-corrected chi connectivity index (χ0v) is 16.3. The van der Waals surface area contributed by atoms with E-state index in [2.05, 4.69) is 0 Å². The number of likely N-dealkylation sites (N-methyl/N-ethyl adjacent to an activating group) is 1. The summed E-state index contributed by atoms with van der Waals surface area (Å²) >= 11 is 1.72. The summed E-state index contributed by atoms with van der Waals surface area (Å²) in [4.78, 5) is 2.01. The highest BCUT2D eigenvalue weighted by Crippen LogP contribution is 2.35. The third kappa shape index (κ3) is 4.63. The number of thioether (sulfide) groups is 1. The molecule has 6 heteroatoms. The van der Waals surface area contributed by atoms with Crippen molar-refractivity contribution in [3.8, 4) is 11.5 Å². The highest BCUT2D eigenvalue weighted by molar-refractivity contribution is 7.97. The number of methoxy groups -OCH3 is 1. The second-order valence-corrected chi connectivity index (χ2v) is 7.12. The topological polar surface area (TPSA) is 21.7 Å². The lowest BCUT2D eigenvalue weighted by Crippen LogP contribution is -2.19. The minimum Gasteiger partial charge on any atom is -0.499 e. The van der Waals surface area contributed by atoms with Crippen molar-refractivity contribution in [2.75, 3.05) is 27.0 Å². The lowest BCUT2D eigenvalue weighted by atomic mass is 10.0. The first-order valence-corrected chi connectivity index (χ1v) is 9.81. The van der Waals surface area contributed by atoms with Crippen LogP contribution >= 0.6 is 11.8 Å². The zero-order valence-electron chi connectivity index (χ0n) is 15.5. The highest BCUT2D eigenvalue weighted by Gasteiger charge is 2.17. The van der Waals surface area contributed by atoms with Crippen molar-refractivity contribution in [2.24, 2.45) is 0 Å². The van der Waals surface area contributed by atoms with Crippen molar-refractivity contribution >= 4 is 17.3 Å². The van der Waals surface area contributed by atoms with Crippen molar-refractivity contribution in [1.29, 1.82) is 0 Å². The van der Waals surface area contributed by atoms with Gasteiger partial charge < -0.3 is 14.4 Å². The fraction of sp³-hybridized carbons (Fsp3) is 0.238. The molecule has 0 fully saturated rings. The monoisotopic (exact) mass is 389 g/mol. The molecule has 0 spiro atoms. The molecule has 3 rings (SSSR count). The van der Waals surface area contributed by atoms with Crippen LogP contribution in [0, 0.1) is 11.6 Å². The van der Waals surface area contributed by atoms with Gasteiger partial charge in [0, 0.05) is 36.2 Å². The van der Waals surface area contributed by atoms with Crippen LogP contribution in [0.15, 0.2) is 54.4 Å². The number of benzene rings is 2. The van der Waals surface area contributed by atoms with Crippen molar-refractivity contribution in [3.63, 3.8) is 0 Å². The number of halogens is 2. The average molecular weight is 389 g/mol. The maximum atomic E-state index is 14.1. The number of hydrogen-bond donors (Lipinski definition) is 0. The van der Waals surface area contributed by atoms with E-state index in [1.54, 1.807) is 18.9 Å². The Bertz CT molecular complexity index is 896. The van der Waals surface area contributed by atoms with E-state index in [0.29, 0.717) is 12.3 Å². The lowest BCUT2D eigenvalue weighted by molar-refractivity contribution is 0.254. The first-order chi connectivity index (χ1) is 13.0. The summed E-state index contributed by atoms with van der Waals surface area (Å²) in [6.45, 7) is 0.674. The van der Waals surface area contributed by atoms with Crippen LogP contribution in [0.3, 0.4) is 0 Å². The minimum absolute atomic E-state index is 0.0176. The van der Waals surface area contributed by atoms with Gasteiger partial charge in [-0.1, -0.05) is 6.07 Å². The van der Waals surface area contributed by atoms with Crippen molar-refractivity contribution in [2.45, 2.75) is 5.75 Å². The maximum Gasteiger partial charge on any atom is 0.168 e. The predicted octanol–water partition coefficient (Wildman–Crippen LogP) is 5.44. The summed E-state index contributed by atoms with van der Waals surface area (Å²) in [5, 5.41) is 0. The Morgan fingerprint density at radius 3 is 2.59 bits per heavy atom. The van der Waals surface area contributed by atoms with Crippen LogP contribution < -0.4 is 4.74 Å². The Kier molecular flexibility index (Phi) is 6.06. The second-order valence-electron chi connectivity index (χ2n) is 6.25. The second kappa shape index (κ2) is 8.48. The van der Waals surface area contributed by atoms with E-state index in [0.717, 1.165) is 34.3 Å². The Morgan fingerprint density at radius 2 is 1.89 bits per heavy atom. The molecule has 0 aliphatic carbocycles. The van der Waals surface area contributed by atoms with Gasteiger partial charge in [-0.25, -0.2) is 8.78 Å². The van der Waals surface area contributed by atoms with E-state index >= 15 is 0 Å². The number of rotatable bonds is 6. The first kappa shape index (κ1) is 19.3. The van der Waals surface area contributed by atoms with Crippen LogP contribution in [0.5, 0.6) is 11.5 Å². The molecule has 0 N–H and O–H groups in total. The predicted molar refractivity (Wildman–Crippen MR) is 106 cm³/mol. The molecule has 27 heavy (non-hydrogen) atoms. The van der Waals surface area contributed by atoms with E-state index < -0.39 is 11.6 Å². The number of hydrogen-bond acceptors (Lipinski definition) is 4. The SMILES string of the molecule is COC1=CC(c2cc(CSC)ccc2Oc2ccc(F)cc2F)=CN(C)C1. The van der Waals surface area contributed by atoms with Crippen LogP contribution in [0.25, 0.3) is 5.57 Å². The van der Waals surface area contributed by atoms with Crippen LogP contribution in [0.2, 0.25) is 0 Å². The molecule has 0 saturated carbocycles. The van der Waals surface area contributed by atoms with Crippen LogP contribution in [-0.2, 0) is 10.5 Å². The molecule has 0 atom stereocenters. The summed E-state index contributed by atoms with van der Waals surface area (Å²) in [5.74, 6) is 0.776. The van der Waals surface area contributed by atoms with E-state index in [1.165, 1.54) is 12.1 Å². The number of allylic oxidation sites excluding steroid dienone is 2. The maximum absolute atomic E-state index is 14.1. The third-order valence-corrected chi connectivity index (χ3v) is 4.75. The largest absolute Gasteiger partial charge is 0.499 e. The van der Waals surface area contributed by atoms with Gasteiger partial charge in [0.2, 0.25) is 0 Å². The number of nitrogens with zero attached hydrogens (tertiary/aromatic N) is 1. The highest BCUT2D eigenvalue weighted by atomic mass is 32.2. The molecule has 2 aromatic rings. The molecule has 0 aromatic heterocycles. The standard InChI is InChI=1S/C21H21F2NO2S/c1-24-11-15(9-17(12-24)25-2)18-8-14(13-27-3)4-6-20(18)26-21-7-5-16(22)10-19(21)23/h4-11H,12-13H2,1-3H3. The van der Waals surface area contributed by atoms with Gasteiger partial charge in [-0.15, -0.1) is 0 Å². The van der Waals surface area contributed by atoms with Gasteiger partial charge in [-0.2, -0.15) is 11.8 Å². The van der Waals surface area contributed by atoms with Gasteiger partial charge in [0.05, 0.1) is 13.7 Å². The molecule has 1 aliphatic rings. The average Bonchev–Trinajstić information content (AvgIpc) is 2.64. The van der Waals surface area contributed by atoms with Gasteiger partial charge in [0.15, 0.2) is 11.6 Å². The Balaban J connectivity index is 2.04. The molecule has 0 amide bonds. The molecule has 2 aromatic carbocycles.